The van der Waals surface area contributed by atoms with Crippen molar-refractivity contribution in [2.24, 2.45) is 5.73 Å². The zero-order valence-corrected chi connectivity index (χ0v) is 22.5. The molecule has 0 aliphatic carbocycles. The number of fused-ring (bicyclic) bond motifs is 2. The fraction of sp³-hybridized carbons (Fsp3) is 0.333. The van der Waals surface area contributed by atoms with Crippen LogP contribution in [0.1, 0.15) is 56.1 Å². The number of thiophene rings is 1. The summed E-state index contributed by atoms with van der Waals surface area (Å²) in [5.41, 5.74) is 9.46. The average Bonchev–Trinajstić information content (AvgIpc) is 3.25. The number of carbonyl (C=O) groups excluding carboxylic acids is 2. The van der Waals surface area contributed by atoms with Gasteiger partial charge in [-0.25, -0.2) is 8.42 Å². The van der Waals surface area contributed by atoms with Gasteiger partial charge >= 0.3 is 0 Å². The smallest absolute Gasteiger partial charge is 0.256 e. The molecule has 2 amide bonds. The fourth-order valence-corrected chi connectivity index (χ4v) is 7.68. The van der Waals surface area contributed by atoms with Gasteiger partial charge in [-0.05, 0) is 67.6 Å². The van der Waals surface area contributed by atoms with E-state index in [9.17, 15) is 18.0 Å². The molecule has 3 aromatic rings. The van der Waals surface area contributed by atoms with Crippen molar-refractivity contribution in [1.82, 2.24) is 9.21 Å². The Morgan fingerprint density at radius 1 is 0.973 bits per heavy atom. The second kappa shape index (κ2) is 10.0. The quantitative estimate of drug-likeness (QED) is 0.498. The molecule has 10 heteroatoms. The van der Waals surface area contributed by atoms with Gasteiger partial charge in [-0.15, -0.1) is 11.3 Å². The Labute approximate surface area is 221 Å². The van der Waals surface area contributed by atoms with E-state index in [0.717, 1.165) is 22.5 Å². The number of sulfonamides is 1. The van der Waals surface area contributed by atoms with Gasteiger partial charge in [0, 0.05) is 42.7 Å². The number of primary amides is 1. The first kappa shape index (κ1) is 25.6. The molecule has 5 rings (SSSR count). The van der Waals surface area contributed by atoms with Crippen molar-refractivity contribution in [2.75, 3.05) is 18.4 Å². The van der Waals surface area contributed by atoms with Crippen LogP contribution in [0, 0.1) is 0 Å². The number of amides is 2. The number of carbonyl (C=O) groups is 2. The minimum absolute atomic E-state index is 0.140. The molecular formula is C27H30N4O4S2. The highest BCUT2D eigenvalue weighted by Crippen LogP contribution is 2.37. The van der Waals surface area contributed by atoms with Crippen LogP contribution in [0.5, 0.6) is 0 Å². The van der Waals surface area contributed by atoms with Crippen LogP contribution in [-0.4, -0.2) is 48.6 Å². The molecule has 0 unspecified atom stereocenters. The molecule has 0 fully saturated rings. The average molecular weight is 539 g/mol. The Hall–Kier alpha value is -3.05. The van der Waals surface area contributed by atoms with Gasteiger partial charge in [0.15, 0.2) is 0 Å². The summed E-state index contributed by atoms with van der Waals surface area (Å²) in [6.45, 7) is 6.53. The van der Waals surface area contributed by atoms with Gasteiger partial charge in [0.1, 0.15) is 5.00 Å². The molecular weight excluding hydrogens is 508 g/mol. The second-order valence-corrected chi connectivity index (χ2v) is 12.8. The van der Waals surface area contributed by atoms with Crippen molar-refractivity contribution in [1.29, 1.82) is 0 Å². The van der Waals surface area contributed by atoms with Crippen molar-refractivity contribution in [3.63, 3.8) is 0 Å². The summed E-state index contributed by atoms with van der Waals surface area (Å²) in [4.78, 5) is 28.8. The molecule has 0 bridgehead atoms. The highest BCUT2D eigenvalue weighted by atomic mass is 32.2. The van der Waals surface area contributed by atoms with E-state index in [1.54, 1.807) is 0 Å². The lowest BCUT2D eigenvalue weighted by molar-refractivity contribution is 0.0999. The van der Waals surface area contributed by atoms with Crippen molar-refractivity contribution in [3.05, 3.63) is 81.2 Å². The highest BCUT2D eigenvalue weighted by molar-refractivity contribution is 7.89. The zero-order chi connectivity index (χ0) is 26.3. The Morgan fingerprint density at radius 3 is 2.35 bits per heavy atom. The minimum atomic E-state index is -3.70. The maximum atomic E-state index is 13.2. The molecule has 0 radical (unpaired) electrons. The van der Waals surface area contributed by atoms with Crippen LogP contribution >= 0.6 is 11.3 Å². The van der Waals surface area contributed by atoms with Crippen molar-refractivity contribution in [2.45, 2.75) is 50.7 Å². The lowest BCUT2D eigenvalue weighted by Crippen LogP contribution is -2.35. The normalized spacial score (nSPS) is 16.3. The summed E-state index contributed by atoms with van der Waals surface area (Å²) in [5, 5.41) is 3.28. The summed E-state index contributed by atoms with van der Waals surface area (Å²) in [7, 11) is -3.70. The largest absolute Gasteiger partial charge is 0.365 e. The van der Waals surface area contributed by atoms with Gasteiger partial charge in [-0.1, -0.05) is 24.3 Å². The number of nitrogens with one attached hydrogen (secondary N) is 1. The minimum Gasteiger partial charge on any atom is -0.365 e. The van der Waals surface area contributed by atoms with Crippen LogP contribution < -0.4 is 11.1 Å². The zero-order valence-electron chi connectivity index (χ0n) is 20.9. The van der Waals surface area contributed by atoms with Gasteiger partial charge in [-0.2, -0.15) is 4.31 Å². The fourth-order valence-electron chi connectivity index (χ4n) is 4.99. The van der Waals surface area contributed by atoms with E-state index in [2.05, 4.69) is 24.1 Å². The Balaban J connectivity index is 1.33. The Bertz CT molecular complexity index is 1460. The SMILES string of the molecule is CC(C)N1CCc2c(sc(NC(=O)c3ccc(S(=O)(=O)N4CCc5ccccc5C4)cc3)c2C(N)=O)C1. The lowest BCUT2D eigenvalue weighted by Gasteiger charge is -2.30. The maximum Gasteiger partial charge on any atom is 0.256 e. The maximum absolute atomic E-state index is 13.2. The molecule has 0 saturated heterocycles. The molecule has 194 valence electrons. The van der Waals surface area contributed by atoms with Gasteiger partial charge < -0.3 is 11.1 Å². The van der Waals surface area contributed by atoms with E-state index in [1.807, 2.05) is 24.3 Å². The summed E-state index contributed by atoms with van der Waals surface area (Å²) in [6.07, 6.45) is 1.36. The first-order valence-corrected chi connectivity index (χ1v) is 14.6. The van der Waals surface area contributed by atoms with Crippen molar-refractivity contribution >= 4 is 38.2 Å². The van der Waals surface area contributed by atoms with Crippen molar-refractivity contribution in [3.8, 4) is 0 Å². The van der Waals surface area contributed by atoms with Crippen molar-refractivity contribution < 1.29 is 18.0 Å². The number of rotatable bonds is 6. The van der Waals surface area contributed by atoms with E-state index >= 15 is 0 Å². The number of hydrogen-bond acceptors (Lipinski definition) is 6. The Kier molecular flexibility index (Phi) is 6.93. The Morgan fingerprint density at radius 2 is 1.68 bits per heavy atom. The molecule has 3 N–H and O–H groups in total. The van der Waals surface area contributed by atoms with Crippen LogP contribution in [-0.2, 0) is 36.0 Å². The number of hydrogen-bond donors (Lipinski definition) is 2. The molecule has 0 atom stereocenters. The number of nitrogens with zero attached hydrogens (tertiary/aromatic N) is 2. The molecule has 37 heavy (non-hydrogen) atoms. The monoisotopic (exact) mass is 538 g/mol. The van der Waals surface area contributed by atoms with E-state index in [1.165, 1.54) is 45.5 Å². The molecule has 1 aromatic heterocycles. The van der Waals surface area contributed by atoms with Crippen LogP contribution in [0.2, 0.25) is 0 Å². The topological polar surface area (TPSA) is 113 Å². The van der Waals surface area contributed by atoms with Crippen LogP contribution in [0.4, 0.5) is 5.00 Å². The summed E-state index contributed by atoms with van der Waals surface area (Å²) < 4.78 is 28.0. The van der Waals surface area contributed by atoms with E-state index in [0.29, 0.717) is 54.6 Å². The molecule has 2 aliphatic heterocycles. The van der Waals surface area contributed by atoms with Gasteiger partial charge in [-0.3, -0.25) is 14.5 Å². The highest BCUT2D eigenvalue weighted by Gasteiger charge is 2.30. The third-order valence-corrected chi connectivity index (χ3v) is 10.1. The molecule has 2 aliphatic rings. The van der Waals surface area contributed by atoms with Crippen LogP contribution in [0.15, 0.2) is 53.4 Å². The standard InChI is InChI=1S/C27H30N4O4S2/c1-17(2)30-13-12-22-23(16-30)36-27(24(22)25(28)32)29-26(33)19-7-9-21(10-8-19)37(34,35)31-14-11-18-5-3-4-6-20(18)15-31/h3-10,17H,11-16H2,1-2H3,(H2,28,32)(H,29,33). The van der Waals surface area contributed by atoms with Crippen LogP contribution in [0.3, 0.4) is 0 Å². The lowest BCUT2D eigenvalue weighted by atomic mass is 10.0. The van der Waals surface area contributed by atoms with Gasteiger partial charge in [0.25, 0.3) is 11.8 Å². The van der Waals surface area contributed by atoms with Gasteiger partial charge in [0.2, 0.25) is 10.0 Å². The van der Waals surface area contributed by atoms with E-state index in [-0.39, 0.29) is 4.90 Å². The van der Waals surface area contributed by atoms with E-state index < -0.39 is 21.8 Å². The summed E-state index contributed by atoms with van der Waals surface area (Å²) >= 11 is 1.38. The predicted octanol–water partition coefficient (Wildman–Crippen LogP) is 3.61. The predicted molar refractivity (Wildman–Crippen MR) is 144 cm³/mol. The molecule has 0 saturated carbocycles. The third kappa shape index (κ3) is 4.94. The number of benzene rings is 2. The molecule has 8 nitrogen and oxygen atoms in total. The first-order chi connectivity index (χ1) is 17.6. The number of nitrogens with two attached hydrogens (primary N) is 1. The molecule has 0 spiro atoms. The van der Waals surface area contributed by atoms with E-state index in [4.69, 9.17) is 5.73 Å². The number of anilines is 1. The van der Waals surface area contributed by atoms with Crippen LogP contribution in [0.25, 0.3) is 0 Å². The first-order valence-electron chi connectivity index (χ1n) is 12.3. The van der Waals surface area contributed by atoms with Gasteiger partial charge in [0.05, 0.1) is 10.5 Å². The molecule has 2 aromatic carbocycles. The summed E-state index contributed by atoms with van der Waals surface area (Å²) in [5.74, 6) is -0.979. The summed E-state index contributed by atoms with van der Waals surface area (Å²) in [6, 6.07) is 14.1. The second-order valence-electron chi connectivity index (χ2n) is 9.72. The third-order valence-electron chi connectivity index (χ3n) is 7.14. The molecule has 3 heterocycles.